The molecular formula is C13H17NO4. The Bertz CT molecular complexity index is 431. The molecule has 0 fully saturated rings. The zero-order valence-electron chi connectivity index (χ0n) is 10.2. The van der Waals surface area contributed by atoms with Gasteiger partial charge in [-0.1, -0.05) is 29.8 Å². The second-order valence-corrected chi connectivity index (χ2v) is 4.19. The van der Waals surface area contributed by atoms with Crippen molar-refractivity contribution in [3.05, 3.63) is 35.4 Å². The average Bonchev–Trinajstić information content (AvgIpc) is 2.28. The average molecular weight is 251 g/mol. The van der Waals surface area contributed by atoms with Crippen LogP contribution in [0.4, 0.5) is 0 Å². The molecule has 0 radical (unpaired) electrons. The lowest BCUT2D eigenvalue weighted by Crippen LogP contribution is -2.36. The number of aliphatic carboxylic acids is 2. The van der Waals surface area contributed by atoms with Crippen LogP contribution in [-0.4, -0.2) is 28.2 Å². The van der Waals surface area contributed by atoms with Gasteiger partial charge in [-0.3, -0.25) is 9.59 Å². The number of benzene rings is 1. The van der Waals surface area contributed by atoms with Gasteiger partial charge in [0.15, 0.2) is 0 Å². The number of nitrogens with one attached hydrogen (secondary N) is 1. The highest BCUT2D eigenvalue weighted by atomic mass is 16.4. The summed E-state index contributed by atoms with van der Waals surface area (Å²) in [7, 11) is 0. The van der Waals surface area contributed by atoms with Crippen molar-refractivity contribution >= 4 is 11.9 Å². The van der Waals surface area contributed by atoms with Crippen molar-refractivity contribution in [3.8, 4) is 0 Å². The monoisotopic (exact) mass is 251 g/mol. The summed E-state index contributed by atoms with van der Waals surface area (Å²) in [5.41, 5.74) is 2.09. The molecule has 18 heavy (non-hydrogen) atoms. The minimum atomic E-state index is -1.02. The Morgan fingerprint density at radius 3 is 2.61 bits per heavy atom. The maximum absolute atomic E-state index is 10.9. The van der Waals surface area contributed by atoms with Gasteiger partial charge in [-0.15, -0.1) is 0 Å². The summed E-state index contributed by atoms with van der Waals surface area (Å²) >= 11 is 0. The summed E-state index contributed by atoms with van der Waals surface area (Å²) in [5, 5.41) is 20.4. The topological polar surface area (TPSA) is 86.6 Å². The van der Waals surface area contributed by atoms with E-state index in [-0.39, 0.29) is 12.8 Å². The van der Waals surface area contributed by atoms with E-state index in [1.165, 1.54) is 0 Å². The lowest BCUT2D eigenvalue weighted by Gasteiger charge is -2.13. The van der Waals surface area contributed by atoms with Crippen LogP contribution in [0.2, 0.25) is 0 Å². The summed E-state index contributed by atoms with van der Waals surface area (Å²) in [5.74, 6) is -2.01. The zero-order chi connectivity index (χ0) is 13.5. The molecule has 1 rings (SSSR count). The smallest absolute Gasteiger partial charge is 0.320 e. The van der Waals surface area contributed by atoms with Crippen molar-refractivity contribution in [2.75, 3.05) is 0 Å². The van der Waals surface area contributed by atoms with Crippen molar-refractivity contribution < 1.29 is 19.8 Å². The molecule has 0 aliphatic heterocycles. The molecule has 1 aromatic carbocycles. The maximum Gasteiger partial charge on any atom is 0.320 e. The van der Waals surface area contributed by atoms with Crippen LogP contribution >= 0.6 is 0 Å². The van der Waals surface area contributed by atoms with Gasteiger partial charge in [0, 0.05) is 13.0 Å². The van der Waals surface area contributed by atoms with Crippen LogP contribution in [0.25, 0.3) is 0 Å². The molecule has 0 saturated carbocycles. The van der Waals surface area contributed by atoms with Crippen LogP contribution in [0.5, 0.6) is 0 Å². The Morgan fingerprint density at radius 1 is 1.33 bits per heavy atom. The summed E-state index contributed by atoms with van der Waals surface area (Å²) in [4.78, 5) is 21.4. The molecule has 0 spiro atoms. The van der Waals surface area contributed by atoms with Crippen LogP contribution in [0.15, 0.2) is 24.3 Å². The third-order valence-electron chi connectivity index (χ3n) is 2.58. The summed E-state index contributed by atoms with van der Waals surface area (Å²) < 4.78 is 0. The Balaban J connectivity index is 2.51. The third kappa shape index (κ3) is 4.97. The Hall–Kier alpha value is -1.88. The van der Waals surface area contributed by atoms with Crippen molar-refractivity contribution in [1.29, 1.82) is 0 Å². The van der Waals surface area contributed by atoms with Gasteiger partial charge in [-0.05, 0) is 18.9 Å². The van der Waals surface area contributed by atoms with E-state index in [0.29, 0.717) is 6.54 Å². The van der Waals surface area contributed by atoms with Crippen LogP contribution < -0.4 is 5.32 Å². The first-order chi connectivity index (χ1) is 8.49. The lowest BCUT2D eigenvalue weighted by molar-refractivity contribution is -0.140. The SMILES string of the molecule is Cc1cccc(CNC(CCC(=O)O)C(=O)O)c1. The minimum absolute atomic E-state index is 0.0798. The second kappa shape index (κ2) is 6.76. The van der Waals surface area contributed by atoms with Crippen molar-refractivity contribution in [3.63, 3.8) is 0 Å². The van der Waals surface area contributed by atoms with Crippen molar-refractivity contribution in [1.82, 2.24) is 5.32 Å². The Kier molecular flexibility index (Phi) is 5.32. The number of aryl methyl sites for hydroxylation is 1. The van der Waals surface area contributed by atoms with E-state index >= 15 is 0 Å². The van der Waals surface area contributed by atoms with Gasteiger partial charge in [0.2, 0.25) is 0 Å². The molecule has 0 bridgehead atoms. The Morgan fingerprint density at radius 2 is 2.06 bits per heavy atom. The van der Waals surface area contributed by atoms with Gasteiger partial charge in [0.05, 0.1) is 0 Å². The molecular weight excluding hydrogens is 234 g/mol. The van der Waals surface area contributed by atoms with Crippen LogP contribution in [0, 0.1) is 6.92 Å². The van der Waals surface area contributed by atoms with Gasteiger partial charge < -0.3 is 15.5 Å². The quantitative estimate of drug-likeness (QED) is 0.682. The van der Waals surface area contributed by atoms with Crippen LogP contribution in [-0.2, 0) is 16.1 Å². The molecule has 0 heterocycles. The first-order valence-electron chi connectivity index (χ1n) is 5.72. The number of carboxylic acid groups (broad SMARTS) is 2. The molecule has 0 aromatic heterocycles. The normalized spacial score (nSPS) is 12.1. The Labute approximate surface area is 105 Å². The molecule has 1 aromatic rings. The van der Waals surface area contributed by atoms with E-state index in [4.69, 9.17) is 10.2 Å². The molecule has 5 heteroatoms. The third-order valence-corrected chi connectivity index (χ3v) is 2.58. The van der Waals surface area contributed by atoms with E-state index in [0.717, 1.165) is 11.1 Å². The molecule has 0 amide bonds. The van der Waals surface area contributed by atoms with Gasteiger partial charge in [0.1, 0.15) is 6.04 Å². The predicted octanol–water partition coefficient (Wildman–Crippen LogP) is 1.40. The van der Waals surface area contributed by atoms with E-state index in [2.05, 4.69) is 5.32 Å². The molecule has 1 unspecified atom stereocenters. The standard InChI is InChI=1S/C13H17NO4/c1-9-3-2-4-10(7-9)8-14-11(13(17)18)5-6-12(15)16/h2-4,7,11,14H,5-6,8H2,1H3,(H,15,16)(H,17,18). The number of hydrogen-bond donors (Lipinski definition) is 3. The molecule has 98 valence electrons. The largest absolute Gasteiger partial charge is 0.481 e. The fourth-order valence-electron chi connectivity index (χ4n) is 1.64. The number of carbonyl (C=O) groups is 2. The second-order valence-electron chi connectivity index (χ2n) is 4.19. The molecule has 0 saturated heterocycles. The number of carboxylic acids is 2. The fourth-order valence-corrected chi connectivity index (χ4v) is 1.64. The van der Waals surface area contributed by atoms with Crippen molar-refractivity contribution in [2.24, 2.45) is 0 Å². The van der Waals surface area contributed by atoms with E-state index in [1.807, 2.05) is 31.2 Å². The first-order valence-corrected chi connectivity index (χ1v) is 5.72. The molecule has 1 atom stereocenters. The van der Waals surface area contributed by atoms with E-state index in [9.17, 15) is 9.59 Å². The fraction of sp³-hybridized carbons (Fsp3) is 0.385. The van der Waals surface area contributed by atoms with Gasteiger partial charge >= 0.3 is 11.9 Å². The highest BCUT2D eigenvalue weighted by molar-refractivity contribution is 5.75. The summed E-state index contributed by atoms with van der Waals surface area (Å²) in [6.45, 7) is 2.38. The minimum Gasteiger partial charge on any atom is -0.481 e. The van der Waals surface area contributed by atoms with E-state index in [1.54, 1.807) is 0 Å². The highest BCUT2D eigenvalue weighted by Gasteiger charge is 2.17. The van der Waals surface area contributed by atoms with Gasteiger partial charge in [-0.2, -0.15) is 0 Å². The lowest BCUT2D eigenvalue weighted by atomic mass is 10.1. The molecule has 5 nitrogen and oxygen atoms in total. The van der Waals surface area contributed by atoms with Crippen LogP contribution in [0.1, 0.15) is 24.0 Å². The zero-order valence-corrected chi connectivity index (χ0v) is 10.2. The molecule has 0 aliphatic carbocycles. The van der Waals surface area contributed by atoms with Gasteiger partial charge in [-0.25, -0.2) is 0 Å². The summed E-state index contributed by atoms with van der Waals surface area (Å²) in [6.07, 6.45) is -0.0751. The first kappa shape index (κ1) is 14.2. The van der Waals surface area contributed by atoms with Crippen molar-refractivity contribution in [2.45, 2.75) is 32.4 Å². The van der Waals surface area contributed by atoms with Gasteiger partial charge in [0.25, 0.3) is 0 Å². The van der Waals surface area contributed by atoms with Crippen LogP contribution in [0.3, 0.4) is 0 Å². The highest BCUT2D eigenvalue weighted by Crippen LogP contribution is 2.05. The van der Waals surface area contributed by atoms with E-state index < -0.39 is 18.0 Å². The molecule has 3 N–H and O–H groups in total. The number of rotatable bonds is 7. The maximum atomic E-state index is 10.9. The molecule has 0 aliphatic rings. The number of hydrogen-bond acceptors (Lipinski definition) is 3. The predicted molar refractivity (Wildman–Crippen MR) is 66.3 cm³/mol. The summed E-state index contributed by atoms with van der Waals surface area (Å²) in [6, 6.07) is 6.89.